The van der Waals surface area contributed by atoms with E-state index >= 15 is 0 Å². The van der Waals surface area contributed by atoms with Gasteiger partial charge in [0, 0.05) is 30.7 Å². The molecule has 25 heavy (non-hydrogen) atoms. The molecule has 2 aromatic rings. The van der Waals surface area contributed by atoms with Gasteiger partial charge < -0.3 is 4.74 Å². The third-order valence-electron chi connectivity index (χ3n) is 4.16. The van der Waals surface area contributed by atoms with Crippen LogP contribution in [-0.4, -0.2) is 46.2 Å². The minimum Gasteiger partial charge on any atom is -0.379 e. The third-order valence-corrected chi connectivity index (χ3v) is 6.41. The van der Waals surface area contributed by atoms with Crippen molar-refractivity contribution in [2.75, 3.05) is 32.8 Å². The molecule has 1 aliphatic heterocycles. The number of hydrogen-bond donors (Lipinski definition) is 1. The molecule has 1 aromatic carbocycles. The smallest absolute Gasteiger partial charge is 0.215 e. The number of nitrogens with zero attached hydrogens (tertiary/aromatic N) is 1. The van der Waals surface area contributed by atoms with E-state index in [1.165, 1.54) is 0 Å². The second kappa shape index (κ2) is 8.62. The molecule has 5 nitrogen and oxygen atoms in total. The standard InChI is InChI=1S/C17H21ClN2O3S2/c18-16-3-1-2-14(10-16)13-25(21,22)19-11-17(15-4-9-24-12-15)20-5-7-23-8-6-20/h1-4,9-10,12,17,19H,5-8,11,13H2. The van der Waals surface area contributed by atoms with Gasteiger partial charge in [0.05, 0.1) is 19.0 Å². The molecule has 3 rings (SSSR count). The number of nitrogens with one attached hydrogen (secondary N) is 1. The lowest BCUT2D eigenvalue weighted by Crippen LogP contribution is -2.43. The fourth-order valence-corrected chi connectivity index (χ4v) is 4.97. The second-order valence-electron chi connectivity index (χ2n) is 5.96. The molecule has 1 saturated heterocycles. The summed E-state index contributed by atoms with van der Waals surface area (Å²) in [4.78, 5) is 2.27. The lowest BCUT2D eigenvalue weighted by molar-refractivity contribution is 0.0173. The minimum absolute atomic E-state index is 0.0179. The summed E-state index contributed by atoms with van der Waals surface area (Å²) in [6.45, 7) is 3.30. The van der Waals surface area contributed by atoms with Crippen LogP contribution in [-0.2, 0) is 20.5 Å². The molecule has 1 fully saturated rings. The van der Waals surface area contributed by atoms with Crippen LogP contribution in [0.25, 0.3) is 0 Å². The molecule has 0 radical (unpaired) electrons. The van der Waals surface area contributed by atoms with Crippen LogP contribution in [0.15, 0.2) is 41.1 Å². The zero-order valence-corrected chi connectivity index (χ0v) is 16.1. The van der Waals surface area contributed by atoms with E-state index in [0.717, 1.165) is 18.7 Å². The Bertz CT molecular complexity index is 775. The van der Waals surface area contributed by atoms with Crippen molar-refractivity contribution in [3.8, 4) is 0 Å². The first kappa shape index (κ1) is 18.8. The lowest BCUT2D eigenvalue weighted by Gasteiger charge is -2.34. The molecule has 8 heteroatoms. The molecular weight excluding hydrogens is 380 g/mol. The molecule has 0 amide bonds. The molecule has 0 saturated carbocycles. The zero-order chi connectivity index (χ0) is 17.7. The van der Waals surface area contributed by atoms with Crippen LogP contribution in [0, 0.1) is 0 Å². The Balaban J connectivity index is 1.67. The van der Waals surface area contributed by atoms with Crippen LogP contribution in [0.2, 0.25) is 5.02 Å². The third kappa shape index (κ3) is 5.51. The van der Waals surface area contributed by atoms with Crippen molar-refractivity contribution in [2.24, 2.45) is 0 Å². The average Bonchev–Trinajstić information content (AvgIpc) is 3.10. The molecule has 1 atom stereocenters. The normalized spacial score (nSPS) is 17.5. The Labute approximate surface area is 157 Å². The molecule has 1 aliphatic rings. The highest BCUT2D eigenvalue weighted by atomic mass is 35.5. The van der Waals surface area contributed by atoms with Gasteiger partial charge in [-0.05, 0) is 40.1 Å². The van der Waals surface area contributed by atoms with Crippen molar-refractivity contribution in [3.05, 3.63) is 57.2 Å². The molecule has 0 aliphatic carbocycles. The summed E-state index contributed by atoms with van der Waals surface area (Å²) >= 11 is 7.56. The Kier molecular flexibility index (Phi) is 6.49. The molecule has 136 valence electrons. The van der Waals surface area contributed by atoms with Crippen molar-refractivity contribution in [2.45, 2.75) is 11.8 Å². The molecule has 0 spiro atoms. The van der Waals surface area contributed by atoms with E-state index in [1.54, 1.807) is 35.6 Å². The molecular formula is C17H21ClN2O3S2. The van der Waals surface area contributed by atoms with Crippen molar-refractivity contribution in [1.82, 2.24) is 9.62 Å². The van der Waals surface area contributed by atoms with Gasteiger partial charge in [-0.3, -0.25) is 4.90 Å². The van der Waals surface area contributed by atoms with E-state index in [4.69, 9.17) is 16.3 Å². The first-order valence-corrected chi connectivity index (χ1v) is 11.1. The Hall–Kier alpha value is -0.960. The highest BCUT2D eigenvalue weighted by Gasteiger charge is 2.24. The SMILES string of the molecule is O=S(=O)(Cc1cccc(Cl)c1)NCC(c1ccsc1)N1CCOCC1. The number of morpholine rings is 1. The van der Waals surface area contributed by atoms with Gasteiger partial charge in [0.2, 0.25) is 10.0 Å². The van der Waals surface area contributed by atoms with Gasteiger partial charge in [-0.2, -0.15) is 11.3 Å². The maximum atomic E-state index is 12.5. The Morgan fingerprint density at radius 2 is 2.08 bits per heavy atom. The summed E-state index contributed by atoms with van der Waals surface area (Å²) < 4.78 is 33.1. The Morgan fingerprint density at radius 1 is 1.28 bits per heavy atom. The monoisotopic (exact) mass is 400 g/mol. The number of thiophene rings is 1. The first-order valence-electron chi connectivity index (χ1n) is 8.09. The van der Waals surface area contributed by atoms with Crippen LogP contribution >= 0.6 is 22.9 Å². The van der Waals surface area contributed by atoms with Crippen LogP contribution in [0.1, 0.15) is 17.2 Å². The van der Waals surface area contributed by atoms with E-state index in [1.807, 2.05) is 5.38 Å². The number of benzene rings is 1. The topological polar surface area (TPSA) is 58.6 Å². The number of halogens is 1. The molecule has 1 N–H and O–H groups in total. The van der Waals surface area contributed by atoms with Gasteiger partial charge in [0.1, 0.15) is 0 Å². The van der Waals surface area contributed by atoms with Gasteiger partial charge in [-0.25, -0.2) is 13.1 Å². The summed E-state index contributed by atoms with van der Waals surface area (Å²) in [5, 5.41) is 4.63. The lowest BCUT2D eigenvalue weighted by atomic mass is 10.1. The number of hydrogen-bond acceptors (Lipinski definition) is 5. The fraction of sp³-hybridized carbons (Fsp3) is 0.412. The highest BCUT2D eigenvalue weighted by molar-refractivity contribution is 7.88. The highest BCUT2D eigenvalue weighted by Crippen LogP contribution is 2.24. The Morgan fingerprint density at radius 3 is 2.76 bits per heavy atom. The molecule has 2 heterocycles. The predicted octanol–water partition coefficient (Wildman–Crippen LogP) is 2.89. The van der Waals surface area contributed by atoms with Crippen molar-refractivity contribution in [1.29, 1.82) is 0 Å². The van der Waals surface area contributed by atoms with Gasteiger partial charge in [-0.15, -0.1) is 0 Å². The minimum atomic E-state index is -3.44. The zero-order valence-electron chi connectivity index (χ0n) is 13.7. The quantitative estimate of drug-likeness (QED) is 0.776. The number of ether oxygens (including phenoxy) is 1. The van der Waals surface area contributed by atoms with Crippen molar-refractivity contribution in [3.63, 3.8) is 0 Å². The maximum absolute atomic E-state index is 12.5. The largest absolute Gasteiger partial charge is 0.379 e. The van der Waals surface area contributed by atoms with Gasteiger partial charge >= 0.3 is 0 Å². The van der Waals surface area contributed by atoms with E-state index in [9.17, 15) is 8.42 Å². The van der Waals surface area contributed by atoms with E-state index in [-0.39, 0.29) is 11.8 Å². The average molecular weight is 401 g/mol. The van der Waals surface area contributed by atoms with E-state index in [2.05, 4.69) is 21.1 Å². The summed E-state index contributed by atoms with van der Waals surface area (Å²) in [6.07, 6.45) is 0. The number of rotatable bonds is 7. The molecule has 1 unspecified atom stereocenters. The van der Waals surface area contributed by atoms with Gasteiger partial charge in [0.15, 0.2) is 0 Å². The summed E-state index contributed by atoms with van der Waals surface area (Å²) in [5.74, 6) is -0.0764. The van der Waals surface area contributed by atoms with E-state index < -0.39 is 10.0 Å². The molecule has 1 aromatic heterocycles. The van der Waals surface area contributed by atoms with E-state index in [0.29, 0.717) is 30.3 Å². The summed E-state index contributed by atoms with van der Waals surface area (Å²) in [7, 11) is -3.44. The summed E-state index contributed by atoms with van der Waals surface area (Å²) in [6, 6.07) is 9.01. The maximum Gasteiger partial charge on any atom is 0.215 e. The van der Waals surface area contributed by atoms with Gasteiger partial charge in [-0.1, -0.05) is 23.7 Å². The van der Waals surface area contributed by atoms with Crippen LogP contribution in [0.5, 0.6) is 0 Å². The fourth-order valence-electron chi connectivity index (χ4n) is 2.91. The van der Waals surface area contributed by atoms with Crippen LogP contribution in [0.4, 0.5) is 0 Å². The van der Waals surface area contributed by atoms with Crippen molar-refractivity contribution < 1.29 is 13.2 Å². The predicted molar refractivity (Wildman–Crippen MR) is 102 cm³/mol. The van der Waals surface area contributed by atoms with Crippen LogP contribution in [0.3, 0.4) is 0 Å². The van der Waals surface area contributed by atoms with Crippen molar-refractivity contribution >= 4 is 33.0 Å². The summed E-state index contributed by atoms with van der Waals surface area (Å²) in [5.41, 5.74) is 1.82. The number of sulfonamides is 1. The van der Waals surface area contributed by atoms with Gasteiger partial charge in [0.25, 0.3) is 0 Å². The molecule has 0 bridgehead atoms. The second-order valence-corrected chi connectivity index (χ2v) is 8.98. The van der Waals surface area contributed by atoms with Crippen LogP contribution < -0.4 is 4.72 Å². The first-order chi connectivity index (χ1) is 12.0.